The van der Waals surface area contributed by atoms with Crippen molar-refractivity contribution >= 4 is 33.3 Å². The Morgan fingerprint density at radius 2 is 2.10 bits per heavy atom. The lowest BCUT2D eigenvalue weighted by molar-refractivity contribution is -0.0172. The quantitative estimate of drug-likeness (QED) is 0.515. The van der Waals surface area contributed by atoms with Crippen LogP contribution in [-0.4, -0.2) is 56.8 Å². The molecule has 0 bridgehead atoms. The minimum absolute atomic E-state index is 0.0148. The number of nitrogens with zero attached hydrogens (tertiary/aromatic N) is 2. The van der Waals surface area contributed by atoms with Gasteiger partial charge in [0.2, 0.25) is 0 Å². The van der Waals surface area contributed by atoms with Crippen molar-refractivity contribution in [2.45, 2.75) is 31.8 Å². The second-order valence-corrected chi connectivity index (χ2v) is 9.29. The number of amides is 1. The third-order valence-corrected chi connectivity index (χ3v) is 7.15. The highest BCUT2D eigenvalue weighted by Crippen LogP contribution is 2.42. The number of aliphatic hydroxyl groups is 2. The molecular formula is C21H24N4O3S. The predicted molar refractivity (Wildman–Crippen MR) is 112 cm³/mol. The summed E-state index contributed by atoms with van der Waals surface area (Å²) in [6.07, 6.45) is 2.24. The summed E-state index contributed by atoms with van der Waals surface area (Å²) in [5.41, 5.74) is 2.31. The molecule has 1 amide bonds. The molecule has 0 atom stereocenters. The Hall–Kier alpha value is -2.42. The van der Waals surface area contributed by atoms with Crippen LogP contribution in [-0.2, 0) is 13.0 Å². The third kappa shape index (κ3) is 3.31. The number of anilines is 1. The molecule has 1 aliphatic heterocycles. The molecule has 1 aromatic carbocycles. The molecule has 7 nitrogen and oxygen atoms in total. The molecule has 1 saturated carbocycles. The number of nitrogens with one attached hydrogen (secondary N) is 2. The Labute approximate surface area is 172 Å². The van der Waals surface area contributed by atoms with Crippen LogP contribution < -0.4 is 5.32 Å². The molecule has 1 fully saturated rings. The fourth-order valence-corrected chi connectivity index (χ4v) is 5.46. The van der Waals surface area contributed by atoms with E-state index in [0.29, 0.717) is 18.8 Å². The van der Waals surface area contributed by atoms with Crippen LogP contribution in [0.15, 0.2) is 30.3 Å². The first-order chi connectivity index (χ1) is 14.1. The lowest BCUT2D eigenvalue weighted by Gasteiger charge is -2.45. The van der Waals surface area contributed by atoms with Crippen molar-refractivity contribution in [3.05, 3.63) is 46.6 Å². The lowest BCUT2D eigenvalue weighted by Crippen LogP contribution is -2.49. The first kappa shape index (κ1) is 18.6. The zero-order valence-electron chi connectivity index (χ0n) is 16.0. The molecule has 0 radical (unpaired) electrons. The van der Waals surface area contributed by atoms with Crippen LogP contribution in [0.1, 0.15) is 33.9 Å². The van der Waals surface area contributed by atoms with Crippen molar-refractivity contribution in [3.63, 3.8) is 0 Å². The normalized spacial score (nSPS) is 18.5. The fourth-order valence-electron chi connectivity index (χ4n) is 4.36. The van der Waals surface area contributed by atoms with Crippen molar-refractivity contribution in [2.75, 3.05) is 25.1 Å². The molecule has 0 spiro atoms. The van der Waals surface area contributed by atoms with E-state index in [4.69, 9.17) is 4.98 Å². The Morgan fingerprint density at radius 1 is 1.31 bits per heavy atom. The van der Waals surface area contributed by atoms with Crippen molar-refractivity contribution in [1.82, 2.24) is 14.9 Å². The maximum absolute atomic E-state index is 13.0. The Kier molecular flexibility index (Phi) is 4.57. The number of aromatic nitrogens is 2. The number of carbonyl (C=O) groups excluding carboxylic acids is 1. The maximum atomic E-state index is 13.0. The van der Waals surface area contributed by atoms with Gasteiger partial charge in [0, 0.05) is 40.2 Å². The molecule has 3 aromatic rings. The Balaban J connectivity index is 1.26. The Morgan fingerprint density at radius 3 is 2.86 bits per heavy atom. The molecule has 29 heavy (non-hydrogen) atoms. The van der Waals surface area contributed by atoms with Gasteiger partial charge in [-0.3, -0.25) is 4.79 Å². The first-order valence-corrected chi connectivity index (χ1v) is 10.7. The van der Waals surface area contributed by atoms with Gasteiger partial charge in [0.15, 0.2) is 5.13 Å². The lowest BCUT2D eigenvalue weighted by atomic mass is 9.66. The number of carbonyl (C=O) groups is 1. The van der Waals surface area contributed by atoms with E-state index in [1.807, 2.05) is 35.2 Å². The van der Waals surface area contributed by atoms with E-state index < -0.39 is 0 Å². The highest BCUT2D eigenvalue weighted by atomic mass is 32.1. The molecule has 3 heterocycles. The van der Waals surface area contributed by atoms with Gasteiger partial charge in [-0.1, -0.05) is 29.5 Å². The summed E-state index contributed by atoms with van der Waals surface area (Å²) >= 11 is 1.60. The first-order valence-electron chi connectivity index (χ1n) is 9.93. The number of hydrogen-bond acceptors (Lipinski definition) is 6. The molecule has 152 valence electrons. The standard InChI is InChI=1S/C21H24N4O3S/c26-11-21(12-27)8-14(9-21)22-20-24-16-5-6-25(10-18(16)29-20)19(28)17-7-13-3-1-2-4-15(13)23-17/h1-4,7,14,23,26-27H,5-6,8-12H2,(H,22,24). The molecular weight excluding hydrogens is 388 g/mol. The number of hydrogen-bond donors (Lipinski definition) is 4. The fraction of sp³-hybridized carbons (Fsp3) is 0.429. The number of para-hydroxylation sites is 1. The zero-order chi connectivity index (χ0) is 20.0. The number of aromatic amines is 1. The smallest absolute Gasteiger partial charge is 0.270 e. The van der Waals surface area contributed by atoms with Gasteiger partial charge in [0.1, 0.15) is 5.69 Å². The monoisotopic (exact) mass is 412 g/mol. The summed E-state index contributed by atoms with van der Waals surface area (Å²) in [7, 11) is 0. The van der Waals surface area contributed by atoms with Gasteiger partial charge in [-0.25, -0.2) is 4.98 Å². The van der Waals surface area contributed by atoms with Crippen LogP contribution >= 0.6 is 11.3 Å². The van der Waals surface area contributed by atoms with E-state index in [9.17, 15) is 15.0 Å². The van der Waals surface area contributed by atoms with E-state index in [2.05, 4.69) is 10.3 Å². The second-order valence-electron chi connectivity index (χ2n) is 8.20. The Bertz CT molecular complexity index is 1010. The van der Waals surface area contributed by atoms with Crippen LogP contribution in [0.5, 0.6) is 0 Å². The topological polar surface area (TPSA) is 101 Å². The number of benzene rings is 1. The summed E-state index contributed by atoms with van der Waals surface area (Å²) in [6, 6.07) is 10.0. The van der Waals surface area contributed by atoms with Gasteiger partial charge in [-0.2, -0.15) is 0 Å². The third-order valence-electron chi connectivity index (χ3n) is 6.14. The van der Waals surface area contributed by atoms with Gasteiger partial charge in [-0.05, 0) is 25.0 Å². The van der Waals surface area contributed by atoms with E-state index >= 15 is 0 Å². The summed E-state index contributed by atoms with van der Waals surface area (Å²) in [4.78, 5) is 23.9. The summed E-state index contributed by atoms with van der Waals surface area (Å²) in [5, 5.41) is 24.2. The number of thiazole rings is 1. The molecule has 4 N–H and O–H groups in total. The van der Waals surface area contributed by atoms with Crippen LogP contribution in [0, 0.1) is 5.41 Å². The van der Waals surface area contributed by atoms with E-state index in [0.717, 1.165) is 45.9 Å². The number of H-pyrrole nitrogens is 1. The average Bonchev–Trinajstić information content (AvgIpc) is 3.32. The minimum Gasteiger partial charge on any atom is -0.396 e. The van der Waals surface area contributed by atoms with Crippen LogP contribution in [0.2, 0.25) is 0 Å². The highest BCUT2D eigenvalue weighted by molar-refractivity contribution is 7.15. The van der Waals surface area contributed by atoms with Gasteiger partial charge in [0.05, 0.1) is 25.5 Å². The number of fused-ring (bicyclic) bond motifs is 2. The molecule has 5 rings (SSSR count). The molecule has 8 heteroatoms. The van der Waals surface area contributed by atoms with Crippen LogP contribution in [0.4, 0.5) is 5.13 Å². The SMILES string of the molecule is O=C(c1cc2ccccc2[nH]1)N1CCc2nc(NC3CC(CO)(CO)C3)sc2C1. The van der Waals surface area contributed by atoms with Gasteiger partial charge >= 0.3 is 0 Å². The molecule has 2 aliphatic rings. The summed E-state index contributed by atoms with van der Waals surface area (Å²) in [5.74, 6) is 0.0180. The van der Waals surface area contributed by atoms with E-state index in [1.54, 1.807) is 11.3 Å². The maximum Gasteiger partial charge on any atom is 0.270 e. The number of aliphatic hydroxyl groups excluding tert-OH is 2. The molecule has 2 aromatic heterocycles. The van der Waals surface area contributed by atoms with Crippen molar-refractivity contribution in [3.8, 4) is 0 Å². The van der Waals surface area contributed by atoms with Gasteiger partial charge in [0.25, 0.3) is 5.91 Å². The van der Waals surface area contributed by atoms with Crippen molar-refractivity contribution < 1.29 is 15.0 Å². The van der Waals surface area contributed by atoms with Crippen molar-refractivity contribution in [1.29, 1.82) is 0 Å². The predicted octanol–water partition coefficient (Wildman–Crippen LogP) is 2.37. The van der Waals surface area contributed by atoms with Gasteiger partial charge in [-0.15, -0.1) is 0 Å². The molecule has 1 aliphatic carbocycles. The summed E-state index contributed by atoms with van der Waals surface area (Å²) in [6.45, 7) is 1.26. The average molecular weight is 413 g/mol. The minimum atomic E-state index is -0.350. The number of rotatable bonds is 5. The van der Waals surface area contributed by atoms with E-state index in [-0.39, 0.29) is 30.6 Å². The summed E-state index contributed by atoms with van der Waals surface area (Å²) < 4.78 is 0. The van der Waals surface area contributed by atoms with Crippen molar-refractivity contribution in [2.24, 2.45) is 5.41 Å². The van der Waals surface area contributed by atoms with Gasteiger partial charge < -0.3 is 25.4 Å². The zero-order valence-corrected chi connectivity index (χ0v) is 16.8. The molecule has 0 unspecified atom stereocenters. The molecule has 0 saturated heterocycles. The van der Waals surface area contributed by atoms with Crippen LogP contribution in [0.25, 0.3) is 10.9 Å². The van der Waals surface area contributed by atoms with Crippen LogP contribution in [0.3, 0.4) is 0 Å². The highest BCUT2D eigenvalue weighted by Gasteiger charge is 2.43. The van der Waals surface area contributed by atoms with E-state index in [1.165, 1.54) is 0 Å². The largest absolute Gasteiger partial charge is 0.396 e. The second kappa shape index (κ2) is 7.12.